The minimum Gasteiger partial charge on any atom is -0.348 e. The molecule has 1 fully saturated rings. The van der Waals surface area contributed by atoms with Crippen LogP contribution in [0.15, 0.2) is 6.20 Å². The van der Waals surface area contributed by atoms with Crippen LogP contribution in [-0.2, 0) is 17.1 Å². The lowest BCUT2D eigenvalue weighted by Crippen LogP contribution is -2.42. The fourth-order valence-electron chi connectivity index (χ4n) is 2.86. The maximum atomic E-state index is 12.4. The SMILES string of the molecule is Cc1c(C(=O)N[C@H]2CN(S(C)(=O)=O)C[C@@H]2C(C)C)cnn1C. The fourth-order valence-corrected chi connectivity index (χ4v) is 3.73. The van der Waals surface area contributed by atoms with Gasteiger partial charge in [0.1, 0.15) is 0 Å². The molecule has 124 valence electrons. The molecule has 1 aromatic heterocycles. The van der Waals surface area contributed by atoms with Crippen molar-refractivity contribution in [3.63, 3.8) is 0 Å². The van der Waals surface area contributed by atoms with E-state index in [-0.39, 0.29) is 23.8 Å². The summed E-state index contributed by atoms with van der Waals surface area (Å²) in [5, 5.41) is 7.05. The number of carbonyl (C=O) groups excluding carboxylic acids is 1. The Morgan fingerprint density at radius 2 is 2.05 bits per heavy atom. The van der Waals surface area contributed by atoms with E-state index >= 15 is 0 Å². The van der Waals surface area contributed by atoms with Crippen molar-refractivity contribution in [2.75, 3.05) is 19.3 Å². The van der Waals surface area contributed by atoms with Crippen molar-refractivity contribution in [1.82, 2.24) is 19.4 Å². The Morgan fingerprint density at radius 1 is 1.41 bits per heavy atom. The Balaban J connectivity index is 2.16. The number of carbonyl (C=O) groups is 1. The molecule has 0 spiro atoms. The van der Waals surface area contributed by atoms with Gasteiger partial charge in [0.25, 0.3) is 5.91 Å². The summed E-state index contributed by atoms with van der Waals surface area (Å²) in [6.07, 6.45) is 2.75. The first-order valence-electron chi connectivity index (χ1n) is 7.35. The van der Waals surface area contributed by atoms with E-state index < -0.39 is 10.0 Å². The van der Waals surface area contributed by atoms with E-state index in [2.05, 4.69) is 10.4 Å². The van der Waals surface area contributed by atoms with Crippen LogP contribution in [0.5, 0.6) is 0 Å². The second-order valence-electron chi connectivity index (χ2n) is 6.34. The number of amides is 1. The van der Waals surface area contributed by atoms with E-state index in [0.717, 1.165) is 5.69 Å². The average Bonchev–Trinajstić information content (AvgIpc) is 2.94. The third-order valence-electron chi connectivity index (χ3n) is 4.45. The van der Waals surface area contributed by atoms with Gasteiger partial charge in [-0.3, -0.25) is 9.48 Å². The molecule has 2 atom stereocenters. The van der Waals surface area contributed by atoms with E-state index in [1.807, 2.05) is 20.8 Å². The van der Waals surface area contributed by atoms with Crippen LogP contribution in [0, 0.1) is 18.8 Å². The van der Waals surface area contributed by atoms with Gasteiger partial charge in [-0.2, -0.15) is 9.40 Å². The molecule has 2 heterocycles. The summed E-state index contributed by atoms with van der Waals surface area (Å²) >= 11 is 0. The number of hydrogen-bond donors (Lipinski definition) is 1. The molecule has 0 bridgehead atoms. The van der Waals surface area contributed by atoms with Gasteiger partial charge in [-0.1, -0.05) is 13.8 Å². The number of hydrogen-bond acceptors (Lipinski definition) is 4. The Labute approximate surface area is 131 Å². The van der Waals surface area contributed by atoms with Crippen molar-refractivity contribution in [2.45, 2.75) is 26.8 Å². The third kappa shape index (κ3) is 3.33. The van der Waals surface area contributed by atoms with E-state index in [1.165, 1.54) is 10.6 Å². The molecule has 8 heteroatoms. The van der Waals surface area contributed by atoms with Crippen LogP contribution >= 0.6 is 0 Å². The zero-order chi connectivity index (χ0) is 16.7. The first-order chi connectivity index (χ1) is 10.1. The number of sulfonamides is 1. The molecule has 0 aromatic carbocycles. The van der Waals surface area contributed by atoms with Gasteiger partial charge in [-0.15, -0.1) is 0 Å². The van der Waals surface area contributed by atoms with Crippen LogP contribution in [0.4, 0.5) is 0 Å². The minimum absolute atomic E-state index is 0.107. The largest absolute Gasteiger partial charge is 0.348 e. The molecule has 1 aliphatic rings. The number of nitrogens with zero attached hydrogens (tertiary/aromatic N) is 3. The molecule has 1 amide bonds. The van der Waals surface area contributed by atoms with Crippen LogP contribution in [0.3, 0.4) is 0 Å². The highest BCUT2D eigenvalue weighted by atomic mass is 32.2. The molecule has 22 heavy (non-hydrogen) atoms. The summed E-state index contributed by atoms with van der Waals surface area (Å²) in [5.74, 6) is 0.194. The van der Waals surface area contributed by atoms with Gasteiger partial charge in [0, 0.05) is 31.9 Å². The Hall–Kier alpha value is -1.41. The van der Waals surface area contributed by atoms with Crippen LogP contribution in [0.25, 0.3) is 0 Å². The van der Waals surface area contributed by atoms with Gasteiger partial charge >= 0.3 is 0 Å². The maximum absolute atomic E-state index is 12.4. The van der Waals surface area contributed by atoms with Crippen LogP contribution in [-0.4, -0.2) is 53.8 Å². The monoisotopic (exact) mass is 328 g/mol. The summed E-state index contributed by atoms with van der Waals surface area (Å²) in [5.41, 5.74) is 1.32. The average molecular weight is 328 g/mol. The topological polar surface area (TPSA) is 84.3 Å². The number of rotatable bonds is 4. The van der Waals surface area contributed by atoms with Crippen molar-refractivity contribution in [3.8, 4) is 0 Å². The maximum Gasteiger partial charge on any atom is 0.255 e. The van der Waals surface area contributed by atoms with Gasteiger partial charge in [-0.25, -0.2) is 8.42 Å². The Bertz CT molecular complexity index is 666. The van der Waals surface area contributed by atoms with E-state index in [1.54, 1.807) is 17.9 Å². The van der Waals surface area contributed by atoms with Crippen molar-refractivity contribution >= 4 is 15.9 Å². The minimum atomic E-state index is -3.24. The molecule has 7 nitrogen and oxygen atoms in total. The molecule has 0 aliphatic carbocycles. The molecule has 0 saturated carbocycles. The lowest BCUT2D eigenvalue weighted by Gasteiger charge is -2.22. The van der Waals surface area contributed by atoms with Crippen molar-refractivity contribution in [1.29, 1.82) is 0 Å². The highest BCUT2D eigenvalue weighted by molar-refractivity contribution is 7.88. The zero-order valence-electron chi connectivity index (χ0n) is 13.7. The van der Waals surface area contributed by atoms with Gasteiger partial charge < -0.3 is 5.32 Å². The fraction of sp³-hybridized carbons (Fsp3) is 0.714. The van der Waals surface area contributed by atoms with Gasteiger partial charge in [0.05, 0.1) is 18.0 Å². The lowest BCUT2D eigenvalue weighted by atomic mass is 9.91. The van der Waals surface area contributed by atoms with Gasteiger partial charge in [0.15, 0.2) is 0 Å². The standard InChI is InChI=1S/C14H24N4O3S/c1-9(2)12-7-18(22(5,20)21)8-13(12)16-14(19)11-6-15-17(4)10(11)3/h6,9,12-13H,7-8H2,1-5H3,(H,16,19)/t12-,13+/m1/s1. The predicted octanol–water partition coefficient (Wildman–Crippen LogP) is 0.374. The molecule has 2 rings (SSSR count). The van der Waals surface area contributed by atoms with Crippen molar-refractivity contribution in [3.05, 3.63) is 17.5 Å². The summed E-state index contributed by atoms with van der Waals surface area (Å²) in [6.45, 7) is 6.70. The van der Waals surface area contributed by atoms with E-state index in [0.29, 0.717) is 18.7 Å². The van der Waals surface area contributed by atoms with Crippen LogP contribution in [0.2, 0.25) is 0 Å². The highest BCUT2D eigenvalue weighted by Crippen LogP contribution is 2.26. The molecular formula is C14H24N4O3S. The molecule has 1 aromatic rings. The van der Waals surface area contributed by atoms with Crippen LogP contribution < -0.4 is 5.32 Å². The Kier molecular flexibility index (Phi) is 4.62. The smallest absolute Gasteiger partial charge is 0.255 e. The number of nitrogens with one attached hydrogen (secondary N) is 1. The first-order valence-corrected chi connectivity index (χ1v) is 9.20. The quantitative estimate of drug-likeness (QED) is 0.866. The van der Waals surface area contributed by atoms with Gasteiger partial charge in [-0.05, 0) is 18.8 Å². The molecule has 1 aliphatic heterocycles. The second-order valence-corrected chi connectivity index (χ2v) is 8.32. The first kappa shape index (κ1) is 17.0. The summed E-state index contributed by atoms with van der Waals surface area (Å²) < 4.78 is 26.6. The molecule has 1 N–H and O–H groups in total. The van der Waals surface area contributed by atoms with Crippen molar-refractivity contribution < 1.29 is 13.2 Å². The summed E-state index contributed by atoms with van der Waals surface area (Å²) in [7, 11) is -1.46. The molecule has 1 saturated heterocycles. The highest BCUT2D eigenvalue weighted by Gasteiger charge is 2.39. The molecular weight excluding hydrogens is 304 g/mol. The van der Waals surface area contributed by atoms with Crippen LogP contribution in [0.1, 0.15) is 29.9 Å². The third-order valence-corrected chi connectivity index (χ3v) is 5.69. The normalized spacial score (nSPS) is 23.2. The Morgan fingerprint density at radius 3 is 2.50 bits per heavy atom. The van der Waals surface area contributed by atoms with E-state index in [9.17, 15) is 13.2 Å². The number of aromatic nitrogens is 2. The van der Waals surface area contributed by atoms with Gasteiger partial charge in [0.2, 0.25) is 10.0 Å². The molecule has 0 unspecified atom stereocenters. The number of aryl methyl sites for hydroxylation is 1. The summed E-state index contributed by atoms with van der Waals surface area (Å²) in [4.78, 5) is 12.4. The second kappa shape index (κ2) is 6.00. The lowest BCUT2D eigenvalue weighted by molar-refractivity contribution is 0.0925. The zero-order valence-corrected chi connectivity index (χ0v) is 14.5. The van der Waals surface area contributed by atoms with E-state index in [4.69, 9.17) is 0 Å². The molecule has 0 radical (unpaired) electrons. The van der Waals surface area contributed by atoms with Crippen molar-refractivity contribution in [2.24, 2.45) is 18.9 Å². The predicted molar refractivity (Wildman–Crippen MR) is 83.9 cm³/mol. The summed E-state index contributed by atoms with van der Waals surface area (Å²) in [6, 6.07) is -0.179.